The summed E-state index contributed by atoms with van der Waals surface area (Å²) in [5.74, 6) is 0.529. The van der Waals surface area contributed by atoms with Crippen LogP contribution in [-0.2, 0) is 14.6 Å². The summed E-state index contributed by atoms with van der Waals surface area (Å²) in [5, 5.41) is 2.10. The molecular formula is C19H28N2O3S2. The van der Waals surface area contributed by atoms with E-state index in [1.54, 1.807) is 11.3 Å². The summed E-state index contributed by atoms with van der Waals surface area (Å²) in [6, 6.07) is 4.71. The zero-order chi connectivity index (χ0) is 18.1. The predicted octanol–water partition coefficient (Wildman–Crippen LogP) is 2.84. The van der Waals surface area contributed by atoms with Crippen molar-refractivity contribution in [2.75, 3.05) is 24.6 Å². The van der Waals surface area contributed by atoms with Gasteiger partial charge >= 0.3 is 0 Å². The first-order valence-corrected chi connectivity index (χ1v) is 12.5. The van der Waals surface area contributed by atoms with Crippen molar-refractivity contribution in [3.63, 3.8) is 0 Å². The highest BCUT2D eigenvalue weighted by molar-refractivity contribution is 7.91. The summed E-state index contributed by atoms with van der Waals surface area (Å²) in [6.45, 7) is 1.38. The van der Waals surface area contributed by atoms with E-state index in [1.807, 2.05) is 4.90 Å². The fraction of sp³-hybridized carbons (Fsp3) is 0.737. The lowest BCUT2D eigenvalue weighted by molar-refractivity contribution is -0.137. The summed E-state index contributed by atoms with van der Waals surface area (Å²) in [7, 11) is -2.98. The maximum Gasteiger partial charge on any atom is 0.237 e. The molecule has 7 heteroatoms. The van der Waals surface area contributed by atoms with Crippen LogP contribution in [-0.4, -0.2) is 60.8 Å². The van der Waals surface area contributed by atoms with E-state index < -0.39 is 9.84 Å². The van der Waals surface area contributed by atoms with Crippen molar-refractivity contribution in [2.45, 2.75) is 63.1 Å². The van der Waals surface area contributed by atoms with Crippen LogP contribution in [0.1, 0.15) is 55.9 Å². The third-order valence-electron chi connectivity index (χ3n) is 6.18. The molecule has 2 saturated heterocycles. The predicted molar refractivity (Wildman–Crippen MR) is 104 cm³/mol. The molecular weight excluding hydrogens is 368 g/mol. The number of rotatable bonds is 5. The van der Waals surface area contributed by atoms with Gasteiger partial charge in [-0.05, 0) is 50.1 Å². The Kier molecular flexibility index (Phi) is 5.39. The van der Waals surface area contributed by atoms with Crippen LogP contribution in [0, 0.1) is 0 Å². The minimum absolute atomic E-state index is 0.113. The monoisotopic (exact) mass is 396 g/mol. The van der Waals surface area contributed by atoms with Gasteiger partial charge in [-0.1, -0.05) is 18.9 Å². The molecule has 0 spiro atoms. The molecule has 144 valence electrons. The van der Waals surface area contributed by atoms with Crippen molar-refractivity contribution in [2.24, 2.45) is 0 Å². The van der Waals surface area contributed by atoms with Crippen molar-refractivity contribution in [3.8, 4) is 0 Å². The average Bonchev–Trinajstić information content (AvgIpc) is 3.34. The number of likely N-dealkylation sites (tertiary alicyclic amines) is 1. The standard InChI is InChI=1S/C19H28N2O3S2/c22-19(13-20-10-3-7-17(20)18-8-4-11-25-18)21(15-5-1-2-6-15)16-9-12-26(23,24)14-16/h4,8,11,15-17H,1-3,5-7,9-10,12-14H2/t16-,17+/m1/s1. The molecule has 1 amide bonds. The van der Waals surface area contributed by atoms with Crippen LogP contribution in [0.3, 0.4) is 0 Å². The SMILES string of the molecule is O=C(CN1CCC[C@H]1c1cccs1)N(C1CCCC1)[C@@H]1CCS(=O)(=O)C1. The fourth-order valence-corrected chi connectivity index (χ4v) is 7.56. The Balaban J connectivity index is 1.49. The van der Waals surface area contributed by atoms with Gasteiger partial charge in [-0.2, -0.15) is 0 Å². The molecule has 0 radical (unpaired) electrons. The fourth-order valence-electron chi connectivity index (χ4n) is 4.96. The minimum Gasteiger partial charge on any atom is -0.335 e. The van der Waals surface area contributed by atoms with Gasteiger partial charge in [0.25, 0.3) is 0 Å². The Labute approximate surface area is 160 Å². The van der Waals surface area contributed by atoms with Gasteiger partial charge < -0.3 is 4.90 Å². The van der Waals surface area contributed by atoms with Crippen molar-refractivity contribution >= 4 is 27.1 Å². The summed E-state index contributed by atoms with van der Waals surface area (Å²) >= 11 is 1.76. The Bertz CT molecular complexity index is 726. The quantitative estimate of drug-likeness (QED) is 0.768. The zero-order valence-corrected chi connectivity index (χ0v) is 16.8. The average molecular weight is 397 g/mol. The number of hydrogen-bond donors (Lipinski definition) is 0. The molecule has 0 aromatic carbocycles. The second-order valence-corrected chi connectivity index (χ2v) is 11.1. The van der Waals surface area contributed by atoms with Gasteiger partial charge in [0, 0.05) is 23.0 Å². The number of amides is 1. The Morgan fingerprint density at radius 1 is 1.15 bits per heavy atom. The largest absolute Gasteiger partial charge is 0.335 e. The van der Waals surface area contributed by atoms with Crippen LogP contribution in [0.4, 0.5) is 0 Å². The van der Waals surface area contributed by atoms with E-state index >= 15 is 0 Å². The van der Waals surface area contributed by atoms with Crippen LogP contribution in [0.5, 0.6) is 0 Å². The number of carbonyl (C=O) groups is 1. The van der Waals surface area contributed by atoms with Gasteiger partial charge in [-0.25, -0.2) is 8.42 Å². The third kappa shape index (κ3) is 3.85. The zero-order valence-electron chi connectivity index (χ0n) is 15.2. The first kappa shape index (κ1) is 18.4. The molecule has 0 bridgehead atoms. The summed E-state index contributed by atoms with van der Waals surface area (Å²) < 4.78 is 24.0. The molecule has 26 heavy (non-hydrogen) atoms. The van der Waals surface area contributed by atoms with Gasteiger partial charge in [0.1, 0.15) is 0 Å². The lowest BCUT2D eigenvalue weighted by atomic mass is 10.1. The van der Waals surface area contributed by atoms with Gasteiger partial charge in [0.05, 0.1) is 18.1 Å². The van der Waals surface area contributed by atoms with Crippen LogP contribution >= 0.6 is 11.3 Å². The van der Waals surface area contributed by atoms with Gasteiger partial charge in [0.2, 0.25) is 5.91 Å². The molecule has 4 rings (SSSR count). The number of hydrogen-bond acceptors (Lipinski definition) is 5. The number of thiophene rings is 1. The topological polar surface area (TPSA) is 57.7 Å². The van der Waals surface area contributed by atoms with Crippen molar-refractivity contribution in [3.05, 3.63) is 22.4 Å². The van der Waals surface area contributed by atoms with E-state index in [0.717, 1.165) is 45.1 Å². The molecule has 0 N–H and O–H groups in total. The Morgan fingerprint density at radius 2 is 1.96 bits per heavy atom. The van der Waals surface area contributed by atoms with Gasteiger partial charge in [-0.3, -0.25) is 9.69 Å². The number of sulfone groups is 1. The van der Waals surface area contributed by atoms with E-state index in [0.29, 0.717) is 19.0 Å². The molecule has 3 aliphatic rings. The smallest absolute Gasteiger partial charge is 0.237 e. The Hall–Kier alpha value is -0.920. The molecule has 2 atom stereocenters. The second-order valence-electron chi connectivity index (χ2n) is 7.94. The molecule has 1 saturated carbocycles. The van der Waals surface area contributed by atoms with E-state index in [1.165, 1.54) is 4.88 Å². The molecule has 1 aromatic rings. The molecule has 1 aromatic heterocycles. The molecule has 3 fully saturated rings. The maximum absolute atomic E-state index is 13.3. The number of nitrogens with zero attached hydrogens (tertiary/aromatic N) is 2. The summed E-state index contributed by atoms with van der Waals surface area (Å²) in [6.07, 6.45) is 7.18. The van der Waals surface area contributed by atoms with E-state index in [-0.39, 0.29) is 29.5 Å². The van der Waals surface area contributed by atoms with E-state index in [4.69, 9.17) is 0 Å². The Morgan fingerprint density at radius 3 is 2.62 bits per heavy atom. The lowest BCUT2D eigenvalue weighted by Crippen LogP contribution is -2.50. The summed E-state index contributed by atoms with van der Waals surface area (Å²) in [4.78, 5) is 18.9. The number of carbonyl (C=O) groups excluding carboxylic acids is 1. The third-order valence-corrected chi connectivity index (χ3v) is 8.91. The van der Waals surface area contributed by atoms with Crippen molar-refractivity contribution < 1.29 is 13.2 Å². The van der Waals surface area contributed by atoms with Crippen LogP contribution in [0.15, 0.2) is 17.5 Å². The van der Waals surface area contributed by atoms with Crippen molar-refractivity contribution in [1.82, 2.24) is 9.80 Å². The maximum atomic E-state index is 13.3. The first-order valence-electron chi connectivity index (χ1n) is 9.82. The normalized spacial score (nSPS) is 29.4. The molecule has 5 nitrogen and oxygen atoms in total. The van der Waals surface area contributed by atoms with E-state index in [9.17, 15) is 13.2 Å². The van der Waals surface area contributed by atoms with Gasteiger partial charge in [0.15, 0.2) is 9.84 Å². The molecule has 0 unspecified atom stereocenters. The highest BCUT2D eigenvalue weighted by Gasteiger charge is 2.40. The highest BCUT2D eigenvalue weighted by Crippen LogP contribution is 2.35. The summed E-state index contributed by atoms with van der Waals surface area (Å²) in [5.41, 5.74) is 0. The van der Waals surface area contributed by atoms with Crippen LogP contribution in [0.2, 0.25) is 0 Å². The van der Waals surface area contributed by atoms with Crippen LogP contribution < -0.4 is 0 Å². The molecule has 2 aliphatic heterocycles. The first-order chi connectivity index (χ1) is 12.5. The lowest BCUT2D eigenvalue weighted by Gasteiger charge is -2.36. The van der Waals surface area contributed by atoms with E-state index in [2.05, 4.69) is 22.4 Å². The molecule has 1 aliphatic carbocycles. The van der Waals surface area contributed by atoms with Gasteiger partial charge in [-0.15, -0.1) is 11.3 Å². The van der Waals surface area contributed by atoms with Crippen LogP contribution in [0.25, 0.3) is 0 Å². The minimum atomic E-state index is -2.98. The van der Waals surface area contributed by atoms with Crippen molar-refractivity contribution in [1.29, 1.82) is 0 Å². The molecule has 3 heterocycles. The highest BCUT2D eigenvalue weighted by atomic mass is 32.2. The second kappa shape index (κ2) is 7.60.